The number of H-pyrrole nitrogens is 1. The molecule has 0 amide bonds. The molecule has 0 spiro atoms. The summed E-state index contributed by atoms with van der Waals surface area (Å²) in [5.41, 5.74) is 5.91. The van der Waals surface area contributed by atoms with Crippen molar-refractivity contribution in [3.05, 3.63) is 47.8 Å². The first-order valence-electron chi connectivity index (χ1n) is 5.97. The molecule has 0 aliphatic heterocycles. The maximum atomic E-state index is 13.7. The number of rotatable bonds is 6. The maximum absolute atomic E-state index is 13.7. The molecule has 0 fully saturated rings. The monoisotopic (exact) mass is 328 g/mol. The Labute approximate surface area is 126 Å². The summed E-state index contributed by atoms with van der Waals surface area (Å²) in [7, 11) is -3.90. The van der Waals surface area contributed by atoms with E-state index in [9.17, 15) is 12.8 Å². The predicted molar refractivity (Wildman–Crippen MR) is 79.8 cm³/mol. The lowest BCUT2D eigenvalue weighted by Crippen LogP contribution is -2.29. The van der Waals surface area contributed by atoms with Crippen LogP contribution < -0.4 is 10.5 Å². The van der Waals surface area contributed by atoms with Crippen LogP contribution >= 0.6 is 12.2 Å². The van der Waals surface area contributed by atoms with Crippen LogP contribution in [0.25, 0.3) is 0 Å². The maximum Gasteiger partial charge on any atom is 0.241 e. The summed E-state index contributed by atoms with van der Waals surface area (Å²) in [6.45, 7) is 0.137. The molecular formula is C12H13FN4O2S2. The Morgan fingerprint density at radius 2 is 2.24 bits per heavy atom. The second kappa shape index (κ2) is 6.29. The van der Waals surface area contributed by atoms with Crippen molar-refractivity contribution in [3.8, 4) is 0 Å². The quantitative estimate of drug-likeness (QED) is 0.678. The number of halogens is 1. The van der Waals surface area contributed by atoms with Gasteiger partial charge in [-0.15, -0.1) is 0 Å². The van der Waals surface area contributed by atoms with Crippen LogP contribution in [0.15, 0.2) is 35.6 Å². The van der Waals surface area contributed by atoms with Crippen molar-refractivity contribution >= 4 is 27.2 Å². The van der Waals surface area contributed by atoms with Crippen LogP contribution in [-0.4, -0.2) is 29.9 Å². The Hall–Kier alpha value is -1.84. The molecule has 1 aromatic carbocycles. The van der Waals surface area contributed by atoms with Gasteiger partial charge in [-0.05, 0) is 12.1 Å². The number of aromatic nitrogens is 2. The van der Waals surface area contributed by atoms with Gasteiger partial charge in [0, 0.05) is 24.9 Å². The molecular weight excluding hydrogens is 315 g/mol. The first kappa shape index (κ1) is 15.5. The van der Waals surface area contributed by atoms with E-state index in [-0.39, 0.29) is 22.0 Å². The highest BCUT2D eigenvalue weighted by Gasteiger charge is 2.22. The fourth-order valence-electron chi connectivity index (χ4n) is 1.79. The van der Waals surface area contributed by atoms with Crippen LogP contribution in [0.4, 0.5) is 4.39 Å². The highest BCUT2D eigenvalue weighted by atomic mass is 32.2. The van der Waals surface area contributed by atoms with Gasteiger partial charge >= 0.3 is 0 Å². The fourth-order valence-corrected chi connectivity index (χ4v) is 3.32. The molecule has 0 bridgehead atoms. The van der Waals surface area contributed by atoms with Crippen molar-refractivity contribution in [3.63, 3.8) is 0 Å². The molecule has 0 saturated carbocycles. The van der Waals surface area contributed by atoms with Gasteiger partial charge in [0.05, 0.1) is 16.8 Å². The standard InChI is InChI=1S/C12H13FN4O2S2/c13-9-2-1-3-10(11(9)12(14)20)21(18,19)17-5-4-8-6-15-7-16-8/h1-3,6-7,17H,4-5H2,(H2,14,20)(H,15,16). The molecule has 0 atom stereocenters. The minimum atomic E-state index is -3.90. The molecule has 2 aromatic rings. The van der Waals surface area contributed by atoms with E-state index in [0.29, 0.717) is 6.42 Å². The highest BCUT2D eigenvalue weighted by Crippen LogP contribution is 2.18. The first-order chi connectivity index (χ1) is 9.92. The third-order valence-electron chi connectivity index (χ3n) is 2.75. The molecule has 2 rings (SSSR count). The van der Waals surface area contributed by atoms with Crippen molar-refractivity contribution in [2.75, 3.05) is 6.54 Å². The Morgan fingerprint density at radius 3 is 2.86 bits per heavy atom. The summed E-state index contributed by atoms with van der Waals surface area (Å²) in [5, 5.41) is 0. The number of benzene rings is 1. The van der Waals surface area contributed by atoms with Gasteiger partial charge in [-0.2, -0.15) is 0 Å². The minimum Gasteiger partial charge on any atom is -0.389 e. The second-order valence-electron chi connectivity index (χ2n) is 4.20. The van der Waals surface area contributed by atoms with E-state index in [1.165, 1.54) is 18.5 Å². The van der Waals surface area contributed by atoms with Crippen LogP contribution in [0.3, 0.4) is 0 Å². The van der Waals surface area contributed by atoms with E-state index >= 15 is 0 Å². The van der Waals surface area contributed by atoms with E-state index in [0.717, 1.165) is 11.8 Å². The average Bonchev–Trinajstić information content (AvgIpc) is 2.91. The van der Waals surface area contributed by atoms with Crippen molar-refractivity contribution in [2.45, 2.75) is 11.3 Å². The molecule has 1 aromatic heterocycles. The number of nitrogens with zero attached hydrogens (tertiary/aromatic N) is 1. The van der Waals surface area contributed by atoms with Gasteiger partial charge in [0.2, 0.25) is 10.0 Å². The van der Waals surface area contributed by atoms with Crippen LogP contribution in [0.5, 0.6) is 0 Å². The Bertz CT molecular complexity index is 745. The second-order valence-corrected chi connectivity index (χ2v) is 6.38. The molecule has 112 valence electrons. The van der Waals surface area contributed by atoms with Gasteiger partial charge in [-0.25, -0.2) is 22.5 Å². The minimum absolute atomic E-state index is 0.137. The number of thiocarbonyl (C=S) groups is 1. The number of nitrogens with one attached hydrogen (secondary N) is 2. The van der Waals surface area contributed by atoms with Crippen LogP contribution in [0, 0.1) is 5.82 Å². The van der Waals surface area contributed by atoms with Crippen LogP contribution in [0.1, 0.15) is 11.3 Å². The average molecular weight is 328 g/mol. The topological polar surface area (TPSA) is 101 Å². The third kappa shape index (κ3) is 3.63. The number of hydrogen-bond donors (Lipinski definition) is 3. The number of imidazole rings is 1. The third-order valence-corrected chi connectivity index (χ3v) is 4.46. The van der Waals surface area contributed by atoms with Crippen molar-refractivity contribution in [2.24, 2.45) is 5.73 Å². The summed E-state index contributed by atoms with van der Waals surface area (Å²) in [6, 6.07) is 3.66. The van der Waals surface area contributed by atoms with E-state index in [1.807, 2.05) is 0 Å². The predicted octanol–water partition coefficient (Wildman–Crippen LogP) is 0.704. The summed E-state index contributed by atoms with van der Waals surface area (Å²) >= 11 is 4.72. The van der Waals surface area contributed by atoms with Gasteiger partial charge in [0.15, 0.2) is 0 Å². The van der Waals surface area contributed by atoms with Crippen LogP contribution in [0.2, 0.25) is 0 Å². The molecule has 0 radical (unpaired) electrons. The number of hydrogen-bond acceptors (Lipinski definition) is 4. The lowest BCUT2D eigenvalue weighted by molar-refractivity contribution is 0.576. The normalized spacial score (nSPS) is 11.5. The molecule has 0 aliphatic carbocycles. The Balaban J connectivity index is 2.20. The Kier molecular flexibility index (Phi) is 4.66. The molecule has 1 heterocycles. The first-order valence-corrected chi connectivity index (χ1v) is 7.86. The summed E-state index contributed by atoms with van der Waals surface area (Å²) in [6.07, 6.45) is 3.52. The smallest absolute Gasteiger partial charge is 0.241 e. The van der Waals surface area contributed by atoms with E-state index in [4.69, 9.17) is 18.0 Å². The highest BCUT2D eigenvalue weighted by molar-refractivity contribution is 7.89. The molecule has 21 heavy (non-hydrogen) atoms. The zero-order valence-corrected chi connectivity index (χ0v) is 12.5. The number of sulfonamides is 1. The van der Waals surface area contributed by atoms with Gasteiger partial charge in [-0.3, -0.25) is 0 Å². The van der Waals surface area contributed by atoms with Crippen molar-refractivity contribution < 1.29 is 12.8 Å². The van der Waals surface area contributed by atoms with Gasteiger partial charge < -0.3 is 10.7 Å². The molecule has 4 N–H and O–H groups in total. The van der Waals surface area contributed by atoms with Gasteiger partial charge in [0.1, 0.15) is 10.8 Å². The number of aromatic amines is 1. The summed E-state index contributed by atoms with van der Waals surface area (Å²) < 4.78 is 40.5. The number of nitrogens with two attached hydrogens (primary N) is 1. The zero-order valence-electron chi connectivity index (χ0n) is 10.8. The molecule has 0 unspecified atom stereocenters. The summed E-state index contributed by atoms with van der Waals surface area (Å²) in [5.74, 6) is -0.765. The largest absolute Gasteiger partial charge is 0.389 e. The lowest BCUT2D eigenvalue weighted by Gasteiger charge is -2.11. The van der Waals surface area contributed by atoms with Crippen LogP contribution in [-0.2, 0) is 16.4 Å². The van der Waals surface area contributed by atoms with E-state index in [2.05, 4.69) is 14.7 Å². The lowest BCUT2D eigenvalue weighted by atomic mass is 10.2. The SMILES string of the molecule is NC(=S)c1c(F)cccc1S(=O)(=O)NCCc1cnc[nH]1. The zero-order chi connectivity index (χ0) is 15.5. The fraction of sp³-hybridized carbons (Fsp3) is 0.167. The molecule has 0 aliphatic rings. The summed E-state index contributed by atoms with van der Waals surface area (Å²) in [4.78, 5) is 6.12. The van der Waals surface area contributed by atoms with Crippen molar-refractivity contribution in [1.29, 1.82) is 0 Å². The molecule has 0 saturated heterocycles. The van der Waals surface area contributed by atoms with E-state index < -0.39 is 15.8 Å². The van der Waals surface area contributed by atoms with E-state index in [1.54, 1.807) is 6.20 Å². The van der Waals surface area contributed by atoms with Gasteiger partial charge in [-0.1, -0.05) is 18.3 Å². The van der Waals surface area contributed by atoms with Gasteiger partial charge in [0.25, 0.3) is 0 Å². The van der Waals surface area contributed by atoms with Crippen molar-refractivity contribution in [1.82, 2.24) is 14.7 Å². The molecule has 9 heteroatoms. The Morgan fingerprint density at radius 1 is 1.48 bits per heavy atom. The molecule has 6 nitrogen and oxygen atoms in total.